The van der Waals surface area contributed by atoms with E-state index in [0.717, 1.165) is 37.9 Å². The van der Waals surface area contributed by atoms with Crippen molar-refractivity contribution in [3.63, 3.8) is 0 Å². The molecule has 5 aromatic carbocycles. The van der Waals surface area contributed by atoms with Crippen LogP contribution >= 0.6 is 0 Å². The van der Waals surface area contributed by atoms with Crippen molar-refractivity contribution in [1.29, 1.82) is 0 Å². The molecule has 0 N–H and O–H groups in total. The molecule has 0 radical (unpaired) electrons. The summed E-state index contributed by atoms with van der Waals surface area (Å²) in [6.45, 7) is 5.81. The number of imide groups is 1. The molecule has 3 heteroatoms. The third-order valence-corrected chi connectivity index (χ3v) is 6.31. The lowest BCUT2D eigenvalue weighted by Gasteiger charge is -2.27. The van der Waals surface area contributed by atoms with Crippen LogP contribution in [0.25, 0.3) is 32.3 Å². The molecule has 0 spiro atoms. The van der Waals surface area contributed by atoms with Gasteiger partial charge >= 0.3 is 0 Å². The zero-order valence-electron chi connectivity index (χ0n) is 19.0. The first-order valence-corrected chi connectivity index (χ1v) is 11.2. The summed E-state index contributed by atoms with van der Waals surface area (Å²) < 4.78 is 0. The Bertz CT molecular complexity index is 1490. The summed E-state index contributed by atoms with van der Waals surface area (Å²) in [6, 6.07) is 29.2. The van der Waals surface area contributed by atoms with Gasteiger partial charge in [-0.2, -0.15) is 0 Å². The fourth-order valence-corrected chi connectivity index (χ4v) is 4.69. The second-order valence-corrected chi connectivity index (χ2v) is 8.74. The van der Waals surface area contributed by atoms with Crippen LogP contribution in [0, 0.1) is 6.92 Å². The van der Waals surface area contributed by atoms with Gasteiger partial charge in [0.25, 0.3) is 11.8 Å². The van der Waals surface area contributed by atoms with E-state index < -0.39 is 0 Å². The SMILES string of the molecule is Cc1ccc(C(=O)N(C(=O)c2c3ccccc3cc3ccccc23)C(C)C)c2ccccc12. The molecule has 5 aromatic rings. The minimum absolute atomic E-state index is 0.271. The normalized spacial score (nSPS) is 11.4. The van der Waals surface area contributed by atoms with E-state index in [1.54, 1.807) is 0 Å². The summed E-state index contributed by atoms with van der Waals surface area (Å²) >= 11 is 0. The van der Waals surface area contributed by atoms with Gasteiger partial charge in [-0.3, -0.25) is 14.5 Å². The maximum Gasteiger partial charge on any atom is 0.262 e. The molecule has 162 valence electrons. The van der Waals surface area contributed by atoms with Crippen molar-refractivity contribution in [2.24, 2.45) is 0 Å². The molecule has 0 bridgehead atoms. The van der Waals surface area contributed by atoms with Crippen LogP contribution in [0.2, 0.25) is 0 Å². The first kappa shape index (κ1) is 20.9. The van der Waals surface area contributed by atoms with Crippen molar-refractivity contribution in [1.82, 2.24) is 4.90 Å². The average Bonchev–Trinajstić information content (AvgIpc) is 2.82. The van der Waals surface area contributed by atoms with Crippen molar-refractivity contribution in [2.45, 2.75) is 26.8 Å². The smallest absolute Gasteiger partial charge is 0.262 e. The Morgan fingerprint density at radius 2 is 1.15 bits per heavy atom. The largest absolute Gasteiger partial charge is 0.272 e. The third kappa shape index (κ3) is 3.46. The highest BCUT2D eigenvalue weighted by Crippen LogP contribution is 2.31. The van der Waals surface area contributed by atoms with Crippen LogP contribution < -0.4 is 0 Å². The third-order valence-electron chi connectivity index (χ3n) is 6.31. The number of benzene rings is 5. The molecule has 0 saturated carbocycles. The molecule has 5 rings (SSSR count). The predicted octanol–water partition coefficient (Wildman–Crippen LogP) is 7.15. The molecule has 0 saturated heterocycles. The molecule has 3 nitrogen and oxygen atoms in total. The standard InChI is InChI=1S/C30H25NO2/c1-19(2)31(29(32)27-17-16-20(3)23-12-8-9-15-26(23)27)30(33)28-24-13-6-4-10-21(24)18-22-11-5-7-14-25(22)28/h4-19H,1-3H3. The minimum atomic E-state index is -0.303. The van der Waals surface area contributed by atoms with Crippen LogP contribution in [0.5, 0.6) is 0 Å². The zero-order valence-corrected chi connectivity index (χ0v) is 19.0. The lowest BCUT2D eigenvalue weighted by atomic mass is 9.94. The van der Waals surface area contributed by atoms with Crippen LogP contribution in [0.4, 0.5) is 0 Å². The van der Waals surface area contributed by atoms with E-state index in [4.69, 9.17) is 0 Å². The Labute approximate surface area is 193 Å². The number of aryl methyl sites for hydroxylation is 1. The predicted molar refractivity (Wildman–Crippen MR) is 136 cm³/mol. The quantitative estimate of drug-likeness (QED) is 0.225. The van der Waals surface area contributed by atoms with E-state index >= 15 is 0 Å². The van der Waals surface area contributed by atoms with E-state index in [1.807, 2.05) is 106 Å². The Kier molecular flexibility index (Phi) is 5.18. The van der Waals surface area contributed by atoms with Crippen molar-refractivity contribution < 1.29 is 9.59 Å². The van der Waals surface area contributed by atoms with Crippen molar-refractivity contribution in [3.8, 4) is 0 Å². The van der Waals surface area contributed by atoms with E-state index in [0.29, 0.717) is 11.1 Å². The summed E-state index contributed by atoms with van der Waals surface area (Å²) in [6.07, 6.45) is 0. The Morgan fingerprint density at radius 1 is 0.636 bits per heavy atom. The number of hydrogen-bond donors (Lipinski definition) is 0. The van der Waals surface area contributed by atoms with E-state index in [1.165, 1.54) is 4.90 Å². The highest BCUT2D eigenvalue weighted by molar-refractivity contribution is 6.23. The van der Waals surface area contributed by atoms with Crippen LogP contribution in [-0.4, -0.2) is 22.8 Å². The number of carbonyl (C=O) groups is 2. The summed E-state index contributed by atoms with van der Waals surface area (Å²) in [5, 5.41) is 5.56. The van der Waals surface area contributed by atoms with Gasteiger partial charge in [-0.15, -0.1) is 0 Å². The van der Waals surface area contributed by atoms with Gasteiger partial charge in [0, 0.05) is 11.6 Å². The number of fused-ring (bicyclic) bond motifs is 3. The van der Waals surface area contributed by atoms with Crippen LogP contribution in [0.3, 0.4) is 0 Å². The zero-order chi connectivity index (χ0) is 23.1. The second kappa shape index (κ2) is 8.18. The first-order chi connectivity index (χ1) is 16.0. The Hall–Kier alpha value is -3.98. The van der Waals surface area contributed by atoms with Crippen LogP contribution in [0.15, 0.2) is 91.0 Å². The first-order valence-electron chi connectivity index (χ1n) is 11.2. The summed E-state index contributed by atoms with van der Waals surface area (Å²) in [7, 11) is 0. The van der Waals surface area contributed by atoms with Crippen molar-refractivity contribution >= 4 is 44.1 Å². The lowest BCUT2D eigenvalue weighted by molar-refractivity contribution is 0.0573. The lowest BCUT2D eigenvalue weighted by Crippen LogP contribution is -2.42. The highest BCUT2D eigenvalue weighted by atomic mass is 16.2. The summed E-state index contributed by atoms with van der Waals surface area (Å²) in [4.78, 5) is 29.4. The summed E-state index contributed by atoms with van der Waals surface area (Å²) in [5.74, 6) is -0.545. The van der Waals surface area contributed by atoms with Gasteiger partial charge in [0.15, 0.2) is 0 Å². The van der Waals surface area contributed by atoms with Gasteiger partial charge in [0.2, 0.25) is 0 Å². The van der Waals surface area contributed by atoms with Gasteiger partial charge < -0.3 is 0 Å². The molecule has 0 unspecified atom stereocenters. The molecule has 0 aliphatic carbocycles. The maximum atomic E-state index is 14.1. The average molecular weight is 432 g/mol. The molecule has 0 atom stereocenters. The number of hydrogen-bond acceptors (Lipinski definition) is 2. The molecule has 0 heterocycles. The van der Waals surface area contributed by atoms with E-state index in [9.17, 15) is 9.59 Å². The number of carbonyl (C=O) groups excluding carboxylic acids is 2. The van der Waals surface area contributed by atoms with Gasteiger partial charge in [-0.1, -0.05) is 78.9 Å². The van der Waals surface area contributed by atoms with Crippen LogP contribution in [-0.2, 0) is 0 Å². The van der Waals surface area contributed by atoms with E-state index in [2.05, 4.69) is 6.07 Å². The van der Waals surface area contributed by atoms with Gasteiger partial charge in [0.1, 0.15) is 0 Å². The van der Waals surface area contributed by atoms with Crippen molar-refractivity contribution in [2.75, 3.05) is 0 Å². The molecule has 0 fully saturated rings. The number of amides is 2. The minimum Gasteiger partial charge on any atom is -0.272 e. The molecule has 33 heavy (non-hydrogen) atoms. The van der Waals surface area contributed by atoms with Crippen LogP contribution in [0.1, 0.15) is 40.1 Å². The van der Waals surface area contributed by atoms with Crippen molar-refractivity contribution in [3.05, 3.63) is 108 Å². The maximum absolute atomic E-state index is 14.1. The Morgan fingerprint density at radius 3 is 1.73 bits per heavy atom. The molecular formula is C30H25NO2. The molecular weight excluding hydrogens is 406 g/mol. The molecule has 0 aliphatic heterocycles. The van der Waals surface area contributed by atoms with Gasteiger partial charge in [0.05, 0.1) is 5.56 Å². The van der Waals surface area contributed by atoms with Gasteiger partial charge in [-0.25, -0.2) is 0 Å². The Balaban J connectivity index is 1.72. The molecule has 0 aliphatic rings. The number of nitrogens with zero attached hydrogens (tertiary/aromatic N) is 1. The fourth-order valence-electron chi connectivity index (χ4n) is 4.69. The fraction of sp³-hybridized carbons (Fsp3) is 0.133. The second-order valence-electron chi connectivity index (χ2n) is 8.74. The van der Waals surface area contributed by atoms with E-state index in [-0.39, 0.29) is 17.9 Å². The topological polar surface area (TPSA) is 37.4 Å². The van der Waals surface area contributed by atoms with Gasteiger partial charge in [-0.05, 0) is 70.8 Å². The molecule has 0 aromatic heterocycles. The number of rotatable bonds is 3. The molecule has 2 amide bonds. The monoisotopic (exact) mass is 431 g/mol. The summed E-state index contributed by atoms with van der Waals surface area (Å²) in [5.41, 5.74) is 2.22. The highest BCUT2D eigenvalue weighted by Gasteiger charge is 2.30.